The Morgan fingerprint density at radius 2 is 1.73 bits per heavy atom. The van der Waals surface area contributed by atoms with Gasteiger partial charge in [-0.15, -0.1) is 0 Å². The van der Waals surface area contributed by atoms with Gasteiger partial charge in [-0.25, -0.2) is 9.59 Å². The summed E-state index contributed by atoms with van der Waals surface area (Å²) in [4.78, 5) is 48.6. The van der Waals surface area contributed by atoms with Crippen LogP contribution in [0, 0.1) is 0 Å². The molecule has 0 aromatic heterocycles. The largest absolute Gasteiger partial charge is 0.493 e. The van der Waals surface area contributed by atoms with Crippen LogP contribution in [-0.2, 0) is 14.4 Å². The first kappa shape index (κ1) is 19.4. The zero-order chi connectivity index (χ0) is 19.6. The van der Waals surface area contributed by atoms with Crippen molar-refractivity contribution in [2.24, 2.45) is 0 Å². The van der Waals surface area contributed by atoms with E-state index in [-0.39, 0.29) is 17.1 Å². The van der Waals surface area contributed by atoms with Gasteiger partial charge in [-0.2, -0.15) is 0 Å². The van der Waals surface area contributed by atoms with E-state index in [4.69, 9.17) is 14.6 Å². The maximum atomic E-state index is 12.3. The first-order valence-corrected chi connectivity index (χ1v) is 8.00. The Morgan fingerprint density at radius 1 is 1.15 bits per heavy atom. The molecule has 2 rings (SSSR count). The normalized spacial score (nSPS) is 14.6. The van der Waals surface area contributed by atoms with E-state index in [1.807, 2.05) is 0 Å². The minimum absolute atomic E-state index is 0.176. The SMILES string of the molecule is COc1cc(C=C2C(=O)N(C)C(=O)N(C)C2=O)c(Br)cc1OCC(=O)O. The molecule has 9 nitrogen and oxygen atoms in total. The van der Waals surface area contributed by atoms with E-state index in [1.54, 1.807) is 0 Å². The number of nitrogens with zero attached hydrogens (tertiary/aromatic N) is 2. The summed E-state index contributed by atoms with van der Waals surface area (Å²) in [6.07, 6.45) is 1.32. The van der Waals surface area contributed by atoms with Crippen LogP contribution in [0.25, 0.3) is 6.08 Å². The quantitative estimate of drug-likeness (QED) is 0.558. The number of methoxy groups -OCH3 is 1. The maximum absolute atomic E-state index is 12.3. The molecular weight excluding hydrogens is 412 g/mol. The summed E-state index contributed by atoms with van der Waals surface area (Å²) in [5.41, 5.74) is 0.217. The molecule has 1 heterocycles. The van der Waals surface area contributed by atoms with Crippen molar-refractivity contribution in [3.8, 4) is 11.5 Å². The van der Waals surface area contributed by atoms with Crippen molar-refractivity contribution in [3.63, 3.8) is 0 Å². The number of carbonyl (C=O) groups is 4. The number of aliphatic carboxylic acids is 1. The number of carbonyl (C=O) groups excluding carboxylic acids is 3. The number of ether oxygens (including phenoxy) is 2. The molecule has 1 aromatic rings. The third-order valence-electron chi connectivity index (χ3n) is 3.58. The second kappa shape index (κ2) is 7.56. The summed E-state index contributed by atoms with van der Waals surface area (Å²) in [5, 5.41) is 8.71. The minimum atomic E-state index is -1.15. The maximum Gasteiger partial charge on any atom is 0.341 e. The number of hydrogen-bond acceptors (Lipinski definition) is 6. The summed E-state index contributed by atoms with van der Waals surface area (Å²) in [5.74, 6) is -2.21. The van der Waals surface area contributed by atoms with E-state index < -0.39 is 30.4 Å². The van der Waals surface area contributed by atoms with E-state index in [1.165, 1.54) is 39.4 Å². The average molecular weight is 427 g/mol. The number of likely N-dealkylation sites (N-methyl/N-ethyl adjacent to an activating group) is 2. The van der Waals surface area contributed by atoms with Crippen molar-refractivity contribution in [2.45, 2.75) is 0 Å². The lowest BCUT2D eigenvalue weighted by Gasteiger charge is -2.29. The highest BCUT2D eigenvalue weighted by Gasteiger charge is 2.37. The fraction of sp³-hybridized carbons (Fsp3) is 0.250. The highest BCUT2D eigenvalue weighted by Crippen LogP contribution is 2.35. The molecule has 1 saturated heterocycles. The molecule has 10 heteroatoms. The summed E-state index contributed by atoms with van der Waals surface area (Å²) in [7, 11) is 3.92. The zero-order valence-electron chi connectivity index (χ0n) is 14.1. The summed E-state index contributed by atoms with van der Waals surface area (Å²) in [6, 6.07) is 2.22. The van der Waals surface area contributed by atoms with Gasteiger partial charge in [-0.05, 0) is 23.8 Å². The molecule has 1 fully saturated rings. The molecule has 1 aliphatic rings. The minimum Gasteiger partial charge on any atom is -0.493 e. The van der Waals surface area contributed by atoms with Crippen molar-refractivity contribution in [1.82, 2.24) is 9.80 Å². The molecule has 1 N–H and O–H groups in total. The van der Waals surface area contributed by atoms with Crippen LogP contribution in [0.5, 0.6) is 11.5 Å². The monoisotopic (exact) mass is 426 g/mol. The highest BCUT2D eigenvalue weighted by atomic mass is 79.9. The third kappa shape index (κ3) is 3.69. The van der Waals surface area contributed by atoms with Gasteiger partial charge in [-0.1, -0.05) is 15.9 Å². The van der Waals surface area contributed by atoms with Gasteiger partial charge in [0.15, 0.2) is 18.1 Å². The molecule has 4 amide bonds. The lowest BCUT2D eigenvalue weighted by atomic mass is 10.1. The topological polar surface area (TPSA) is 113 Å². The van der Waals surface area contributed by atoms with E-state index in [2.05, 4.69) is 15.9 Å². The van der Waals surface area contributed by atoms with Gasteiger partial charge >= 0.3 is 12.0 Å². The van der Waals surface area contributed by atoms with E-state index in [0.29, 0.717) is 10.0 Å². The number of urea groups is 1. The first-order valence-electron chi connectivity index (χ1n) is 7.21. The van der Waals surface area contributed by atoms with Crippen LogP contribution >= 0.6 is 15.9 Å². The van der Waals surface area contributed by atoms with Crippen LogP contribution in [0.15, 0.2) is 22.2 Å². The molecule has 1 aliphatic heterocycles. The number of benzene rings is 1. The Morgan fingerprint density at radius 3 is 2.23 bits per heavy atom. The van der Waals surface area contributed by atoms with Gasteiger partial charge in [-0.3, -0.25) is 19.4 Å². The molecule has 1 aromatic carbocycles. The van der Waals surface area contributed by atoms with Crippen LogP contribution < -0.4 is 9.47 Å². The first-order chi connectivity index (χ1) is 12.2. The third-order valence-corrected chi connectivity index (χ3v) is 4.26. The molecule has 0 saturated carbocycles. The molecule has 0 unspecified atom stereocenters. The number of imide groups is 2. The summed E-state index contributed by atoms with van der Waals surface area (Å²) in [6.45, 7) is -0.558. The number of carboxylic acid groups (broad SMARTS) is 1. The van der Waals surface area contributed by atoms with Crippen molar-refractivity contribution in [1.29, 1.82) is 0 Å². The number of rotatable bonds is 5. The standard InChI is InChI=1S/C16H15BrN2O7/c1-18-14(22)9(15(23)19(2)16(18)24)4-8-5-11(25-3)12(6-10(8)17)26-7-13(20)21/h4-6H,7H2,1-3H3,(H,20,21). The smallest absolute Gasteiger partial charge is 0.341 e. The summed E-state index contributed by atoms with van der Waals surface area (Å²) >= 11 is 3.28. The van der Waals surface area contributed by atoms with Crippen LogP contribution in [0.4, 0.5) is 4.79 Å². The Hall–Kier alpha value is -2.88. The number of barbiturate groups is 1. The van der Waals surface area contributed by atoms with Crippen LogP contribution in [-0.4, -0.2) is 66.5 Å². The summed E-state index contributed by atoms with van der Waals surface area (Å²) < 4.78 is 10.7. The van der Waals surface area contributed by atoms with E-state index >= 15 is 0 Å². The van der Waals surface area contributed by atoms with E-state index in [9.17, 15) is 19.2 Å². The molecular formula is C16H15BrN2O7. The zero-order valence-corrected chi connectivity index (χ0v) is 15.7. The molecule has 0 bridgehead atoms. The Kier molecular flexibility index (Phi) is 5.66. The van der Waals surface area contributed by atoms with Gasteiger partial charge < -0.3 is 14.6 Å². The van der Waals surface area contributed by atoms with Crippen LogP contribution in [0.2, 0.25) is 0 Å². The molecule has 26 heavy (non-hydrogen) atoms. The number of carboxylic acids is 1. The fourth-order valence-corrected chi connectivity index (χ4v) is 2.64. The fourth-order valence-electron chi connectivity index (χ4n) is 2.20. The number of amides is 4. The number of hydrogen-bond donors (Lipinski definition) is 1. The lowest BCUT2D eigenvalue weighted by molar-refractivity contribution is -0.139. The van der Waals surface area contributed by atoms with Crippen molar-refractivity contribution >= 4 is 45.8 Å². The second-order valence-electron chi connectivity index (χ2n) is 5.28. The molecule has 0 radical (unpaired) electrons. The number of halogens is 1. The predicted octanol–water partition coefficient (Wildman–Crippen LogP) is 1.35. The molecule has 138 valence electrons. The Labute approximate surface area is 156 Å². The van der Waals surface area contributed by atoms with Gasteiger partial charge in [0.05, 0.1) is 7.11 Å². The van der Waals surface area contributed by atoms with Gasteiger partial charge in [0.2, 0.25) is 0 Å². The molecule has 0 aliphatic carbocycles. The van der Waals surface area contributed by atoms with Crippen LogP contribution in [0.3, 0.4) is 0 Å². The Balaban J connectivity index is 2.46. The second-order valence-corrected chi connectivity index (χ2v) is 6.13. The molecule has 0 atom stereocenters. The van der Waals surface area contributed by atoms with Crippen molar-refractivity contribution in [2.75, 3.05) is 27.8 Å². The predicted molar refractivity (Wildman–Crippen MR) is 92.7 cm³/mol. The Bertz CT molecular complexity index is 808. The van der Waals surface area contributed by atoms with Gasteiger partial charge in [0.1, 0.15) is 5.57 Å². The lowest BCUT2D eigenvalue weighted by Crippen LogP contribution is -2.52. The van der Waals surface area contributed by atoms with Crippen LogP contribution in [0.1, 0.15) is 5.56 Å². The van der Waals surface area contributed by atoms with Crippen molar-refractivity contribution < 1.29 is 33.8 Å². The van der Waals surface area contributed by atoms with Crippen molar-refractivity contribution in [3.05, 3.63) is 27.7 Å². The van der Waals surface area contributed by atoms with E-state index in [0.717, 1.165) is 9.80 Å². The van der Waals surface area contributed by atoms with Gasteiger partial charge in [0, 0.05) is 18.6 Å². The average Bonchev–Trinajstić information content (AvgIpc) is 2.61. The van der Waals surface area contributed by atoms with Gasteiger partial charge in [0.25, 0.3) is 11.8 Å². The highest BCUT2D eigenvalue weighted by molar-refractivity contribution is 9.10. The molecule has 0 spiro atoms.